The summed E-state index contributed by atoms with van der Waals surface area (Å²) in [4.78, 5) is 0. The van der Waals surface area contributed by atoms with Crippen LogP contribution in [0.25, 0.3) is 0 Å². The van der Waals surface area contributed by atoms with E-state index in [1.165, 1.54) is 16.7 Å². The van der Waals surface area contributed by atoms with E-state index in [9.17, 15) is 4.21 Å². The Kier molecular flexibility index (Phi) is 3.77. The Bertz CT molecular complexity index is 403. The summed E-state index contributed by atoms with van der Waals surface area (Å²) in [6.45, 7) is 5.22. The second kappa shape index (κ2) is 5.11. The van der Waals surface area contributed by atoms with Crippen molar-refractivity contribution in [2.45, 2.75) is 26.3 Å². The minimum absolute atomic E-state index is 0.268. The molecule has 2 rings (SSSR count). The van der Waals surface area contributed by atoms with Crippen LogP contribution in [0.4, 0.5) is 0 Å². The number of nitrogens with one attached hydrogen (secondary N) is 1. The molecule has 2 nitrogen and oxygen atoms in total. The highest BCUT2D eigenvalue weighted by Crippen LogP contribution is 2.21. The molecule has 1 N–H and O–H groups in total. The Morgan fingerprint density at radius 1 is 1.38 bits per heavy atom. The Hall–Kier alpha value is -0.670. The number of hydrogen-bond donors (Lipinski definition) is 1. The molecule has 1 saturated heterocycles. The van der Waals surface area contributed by atoms with Gasteiger partial charge in [-0.05, 0) is 37.9 Å². The van der Waals surface area contributed by atoms with Crippen LogP contribution >= 0.6 is 0 Å². The molecule has 2 unspecified atom stereocenters. The molecule has 0 bridgehead atoms. The molecule has 0 spiro atoms. The van der Waals surface area contributed by atoms with Crippen LogP contribution in [0.1, 0.15) is 29.2 Å². The summed E-state index contributed by atoms with van der Waals surface area (Å²) in [5.74, 6) is 1.60. The smallest absolute Gasteiger partial charge is 0.0439 e. The number of aryl methyl sites for hydroxylation is 2. The molecular formula is C13H19NOS. The van der Waals surface area contributed by atoms with Gasteiger partial charge in [-0.3, -0.25) is 4.21 Å². The molecule has 1 aromatic carbocycles. The lowest BCUT2D eigenvalue weighted by Gasteiger charge is -2.18. The summed E-state index contributed by atoms with van der Waals surface area (Å²) in [5.41, 5.74) is 3.90. The molecule has 16 heavy (non-hydrogen) atoms. The summed E-state index contributed by atoms with van der Waals surface area (Å²) in [5, 5.41) is 3.50. The van der Waals surface area contributed by atoms with Gasteiger partial charge in [0.25, 0.3) is 0 Å². The van der Waals surface area contributed by atoms with Crippen LogP contribution in [0.2, 0.25) is 0 Å². The zero-order chi connectivity index (χ0) is 11.5. The maximum Gasteiger partial charge on any atom is 0.0439 e. The average Bonchev–Trinajstić information content (AvgIpc) is 2.43. The summed E-state index contributed by atoms with van der Waals surface area (Å²) in [6, 6.07) is 6.77. The summed E-state index contributed by atoms with van der Waals surface area (Å²) in [7, 11) is -0.664. The fraction of sp³-hybridized carbons (Fsp3) is 0.538. The quantitative estimate of drug-likeness (QED) is 0.810. The van der Waals surface area contributed by atoms with Crippen molar-refractivity contribution in [2.75, 3.05) is 18.1 Å². The van der Waals surface area contributed by atoms with Crippen LogP contribution in [0, 0.1) is 13.8 Å². The van der Waals surface area contributed by atoms with E-state index in [0.29, 0.717) is 0 Å². The van der Waals surface area contributed by atoms with Crippen LogP contribution in [-0.4, -0.2) is 22.3 Å². The SMILES string of the molecule is Cc1ccc(C2CS(=O)CCCN2)c(C)c1. The molecule has 1 aliphatic heterocycles. The van der Waals surface area contributed by atoms with Crippen LogP contribution < -0.4 is 5.32 Å². The van der Waals surface area contributed by atoms with E-state index in [1.54, 1.807) is 0 Å². The van der Waals surface area contributed by atoms with Crippen molar-refractivity contribution in [3.8, 4) is 0 Å². The first kappa shape index (κ1) is 11.8. The Labute approximate surface area is 99.9 Å². The molecule has 0 aliphatic carbocycles. The highest BCUT2D eigenvalue weighted by atomic mass is 32.2. The van der Waals surface area contributed by atoms with E-state index in [4.69, 9.17) is 0 Å². The van der Waals surface area contributed by atoms with Gasteiger partial charge in [0.1, 0.15) is 0 Å². The molecule has 2 atom stereocenters. The van der Waals surface area contributed by atoms with Crippen LogP contribution in [0.15, 0.2) is 18.2 Å². The predicted octanol–water partition coefficient (Wildman–Crippen LogP) is 2.09. The van der Waals surface area contributed by atoms with Crippen LogP contribution in [0.3, 0.4) is 0 Å². The van der Waals surface area contributed by atoms with Gasteiger partial charge in [-0.25, -0.2) is 0 Å². The minimum Gasteiger partial charge on any atom is -0.309 e. The normalized spacial score (nSPS) is 26.4. The third-order valence-corrected chi connectivity index (χ3v) is 4.54. The number of rotatable bonds is 1. The second-order valence-corrected chi connectivity index (χ2v) is 6.15. The van der Waals surface area contributed by atoms with Gasteiger partial charge in [-0.1, -0.05) is 23.8 Å². The number of hydrogen-bond acceptors (Lipinski definition) is 2. The lowest BCUT2D eigenvalue weighted by molar-refractivity contribution is 0.585. The van der Waals surface area contributed by atoms with Crippen molar-refractivity contribution in [1.82, 2.24) is 5.32 Å². The first-order valence-electron chi connectivity index (χ1n) is 5.82. The molecule has 1 fully saturated rings. The Balaban J connectivity index is 2.24. The zero-order valence-corrected chi connectivity index (χ0v) is 10.8. The van der Waals surface area contributed by atoms with Crippen molar-refractivity contribution in [2.24, 2.45) is 0 Å². The molecule has 1 aliphatic rings. The van der Waals surface area contributed by atoms with E-state index in [2.05, 4.69) is 37.4 Å². The van der Waals surface area contributed by atoms with Gasteiger partial charge in [0, 0.05) is 28.3 Å². The molecule has 0 aromatic heterocycles. The molecule has 0 radical (unpaired) electrons. The molecular weight excluding hydrogens is 218 g/mol. The lowest BCUT2D eigenvalue weighted by Crippen LogP contribution is -2.24. The first-order chi connectivity index (χ1) is 7.66. The maximum absolute atomic E-state index is 11.7. The third-order valence-electron chi connectivity index (χ3n) is 3.09. The molecule has 3 heteroatoms. The van der Waals surface area contributed by atoms with Crippen LogP contribution in [0.5, 0.6) is 0 Å². The molecule has 1 aromatic rings. The van der Waals surface area contributed by atoms with Gasteiger partial charge >= 0.3 is 0 Å². The average molecular weight is 237 g/mol. The van der Waals surface area contributed by atoms with E-state index in [0.717, 1.165) is 24.5 Å². The van der Waals surface area contributed by atoms with Gasteiger partial charge in [-0.2, -0.15) is 0 Å². The van der Waals surface area contributed by atoms with E-state index >= 15 is 0 Å². The molecule has 0 saturated carbocycles. The fourth-order valence-electron chi connectivity index (χ4n) is 2.25. The zero-order valence-electron chi connectivity index (χ0n) is 9.95. The van der Waals surface area contributed by atoms with Crippen molar-refractivity contribution < 1.29 is 4.21 Å². The van der Waals surface area contributed by atoms with E-state index in [1.807, 2.05) is 0 Å². The van der Waals surface area contributed by atoms with Gasteiger partial charge in [0.15, 0.2) is 0 Å². The molecule has 1 heterocycles. The standard InChI is InChI=1S/C13H19NOS/c1-10-4-5-12(11(2)8-10)13-9-16(15)7-3-6-14-13/h4-5,8,13-14H,3,6-7,9H2,1-2H3. The Morgan fingerprint density at radius 3 is 2.94 bits per heavy atom. The maximum atomic E-state index is 11.7. The molecule has 88 valence electrons. The largest absolute Gasteiger partial charge is 0.309 e. The van der Waals surface area contributed by atoms with Gasteiger partial charge < -0.3 is 5.32 Å². The summed E-state index contributed by atoms with van der Waals surface area (Å²) in [6.07, 6.45) is 1.02. The highest BCUT2D eigenvalue weighted by Gasteiger charge is 2.19. The van der Waals surface area contributed by atoms with Gasteiger partial charge in [0.05, 0.1) is 0 Å². The summed E-state index contributed by atoms with van der Waals surface area (Å²) >= 11 is 0. The number of benzene rings is 1. The van der Waals surface area contributed by atoms with Crippen molar-refractivity contribution in [1.29, 1.82) is 0 Å². The van der Waals surface area contributed by atoms with Gasteiger partial charge in [-0.15, -0.1) is 0 Å². The fourth-order valence-corrected chi connectivity index (χ4v) is 3.56. The minimum atomic E-state index is -0.664. The Morgan fingerprint density at radius 2 is 2.19 bits per heavy atom. The van der Waals surface area contributed by atoms with E-state index < -0.39 is 10.8 Å². The van der Waals surface area contributed by atoms with Crippen molar-refractivity contribution in [3.63, 3.8) is 0 Å². The van der Waals surface area contributed by atoms with Crippen molar-refractivity contribution >= 4 is 10.8 Å². The summed E-state index contributed by atoms with van der Waals surface area (Å²) < 4.78 is 11.7. The lowest BCUT2D eigenvalue weighted by atomic mass is 10.0. The van der Waals surface area contributed by atoms with Crippen molar-refractivity contribution in [3.05, 3.63) is 34.9 Å². The third kappa shape index (κ3) is 2.71. The predicted molar refractivity (Wildman–Crippen MR) is 69.2 cm³/mol. The topological polar surface area (TPSA) is 29.1 Å². The molecule has 0 amide bonds. The first-order valence-corrected chi connectivity index (χ1v) is 7.31. The second-order valence-electron chi connectivity index (χ2n) is 4.53. The monoisotopic (exact) mass is 237 g/mol. The van der Waals surface area contributed by atoms with Gasteiger partial charge in [0.2, 0.25) is 0 Å². The highest BCUT2D eigenvalue weighted by molar-refractivity contribution is 7.85. The van der Waals surface area contributed by atoms with Crippen LogP contribution in [-0.2, 0) is 10.8 Å². The van der Waals surface area contributed by atoms with E-state index in [-0.39, 0.29) is 6.04 Å².